The Morgan fingerprint density at radius 3 is 2.75 bits per heavy atom. The van der Waals surface area contributed by atoms with Gasteiger partial charge in [0.25, 0.3) is 0 Å². The predicted molar refractivity (Wildman–Crippen MR) is 89.8 cm³/mol. The summed E-state index contributed by atoms with van der Waals surface area (Å²) < 4.78 is 7.43. The molecular weight excluding hydrogens is 308 g/mol. The zero-order chi connectivity index (χ0) is 17.3. The van der Waals surface area contributed by atoms with Gasteiger partial charge >= 0.3 is 5.97 Å². The summed E-state index contributed by atoms with van der Waals surface area (Å²) >= 11 is 0. The first-order valence-electron chi connectivity index (χ1n) is 8.04. The highest BCUT2D eigenvalue weighted by atomic mass is 16.5. The van der Waals surface area contributed by atoms with Crippen LogP contribution >= 0.6 is 0 Å². The molecule has 0 saturated heterocycles. The van der Waals surface area contributed by atoms with Gasteiger partial charge in [-0.3, -0.25) is 9.59 Å². The molecule has 2 N–H and O–H groups in total. The normalized spacial score (nSPS) is 23.0. The van der Waals surface area contributed by atoms with E-state index < -0.39 is 11.6 Å². The van der Waals surface area contributed by atoms with E-state index in [4.69, 9.17) is 9.84 Å². The van der Waals surface area contributed by atoms with Crippen LogP contribution in [0.3, 0.4) is 0 Å². The molecular formula is C18H22N2O4. The van der Waals surface area contributed by atoms with Crippen LogP contribution in [0.4, 0.5) is 0 Å². The number of carbonyl (C=O) groups is 2. The predicted octanol–water partition coefficient (Wildman–Crippen LogP) is 1.95. The lowest BCUT2D eigenvalue weighted by Gasteiger charge is -2.44. The molecule has 1 aliphatic rings. The van der Waals surface area contributed by atoms with Crippen LogP contribution in [-0.2, 0) is 20.9 Å². The number of benzene rings is 1. The third-order valence-electron chi connectivity index (χ3n) is 4.95. The molecule has 0 unspecified atom stereocenters. The van der Waals surface area contributed by atoms with Crippen molar-refractivity contribution in [3.05, 3.63) is 36.0 Å². The SMILES string of the molecule is COC1(CNC(=O)Cn2c(C)cc3ccccc32)CC(C(=O)O)C1. The van der Waals surface area contributed by atoms with E-state index in [1.165, 1.54) is 0 Å². The van der Waals surface area contributed by atoms with Crippen LogP contribution in [0.15, 0.2) is 30.3 Å². The Bertz CT molecular complexity index is 774. The fraction of sp³-hybridized carbons (Fsp3) is 0.444. The van der Waals surface area contributed by atoms with Crippen LogP contribution in [0.1, 0.15) is 18.5 Å². The molecule has 1 aromatic carbocycles. The Kier molecular flexibility index (Phi) is 4.32. The summed E-state index contributed by atoms with van der Waals surface area (Å²) in [5, 5.41) is 13.0. The summed E-state index contributed by atoms with van der Waals surface area (Å²) in [6.07, 6.45) is 0.870. The number of carboxylic acids is 1. The first-order chi connectivity index (χ1) is 11.4. The van der Waals surface area contributed by atoms with Crippen LogP contribution in [0.5, 0.6) is 0 Å². The van der Waals surface area contributed by atoms with E-state index in [9.17, 15) is 9.59 Å². The molecule has 3 rings (SSSR count). The lowest BCUT2D eigenvalue weighted by atomic mass is 9.70. The number of methoxy groups -OCH3 is 1. The number of aromatic nitrogens is 1. The van der Waals surface area contributed by atoms with Gasteiger partial charge in [-0.1, -0.05) is 18.2 Å². The number of aliphatic carboxylic acids is 1. The number of fused-ring (bicyclic) bond motifs is 1. The molecule has 0 radical (unpaired) electrons. The van der Waals surface area contributed by atoms with Crippen molar-refractivity contribution in [1.82, 2.24) is 9.88 Å². The second-order valence-corrected chi connectivity index (χ2v) is 6.54. The minimum Gasteiger partial charge on any atom is -0.481 e. The van der Waals surface area contributed by atoms with Gasteiger partial charge in [-0.05, 0) is 37.3 Å². The van der Waals surface area contributed by atoms with E-state index in [2.05, 4.69) is 11.4 Å². The quantitative estimate of drug-likeness (QED) is 0.848. The smallest absolute Gasteiger partial charge is 0.306 e. The number of hydrogen-bond acceptors (Lipinski definition) is 3. The van der Waals surface area contributed by atoms with E-state index in [-0.39, 0.29) is 18.4 Å². The van der Waals surface area contributed by atoms with Crippen molar-refractivity contribution in [2.45, 2.75) is 31.9 Å². The number of carboxylic acid groups (broad SMARTS) is 1. The number of ether oxygens (including phenoxy) is 1. The molecule has 6 heteroatoms. The fourth-order valence-corrected chi connectivity index (χ4v) is 3.41. The van der Waals surface area contributed by atoms with Gasteiger partial charge in [0, 0.05) is 24.9 Å². The van der Waals surface area contributed by atoms with Crippen molar-refractivity contribution in [3.8, 4) is 0 Å². The van der Waals surface area contributed by atoms with Crippen molar-refractivity contribution < 1.29 is 19.4 Å². The molecule has 0 atom stereocenters. The first kappa shape index (κ1) is 16.5. The maximum atomic E-state index is 12.3. The molecule has 1 aliphatic carbocycles. The molecule has 1 amide bonds. The summed E-state index contributed by atoms with van der Waals surface area (Å²) in [7, 11) is 1.56. The second-order valence-electron chi connectivity index (χ2n) is 6.54. The number of hydrogen-bond donors (Lipinski definition) is 2. The molecule has 1 aromatic heterocycles. The topological polar surface area (TPSA) is 80.6 Å². The number of para-hydroxylation sites is 1. The Hall–Kier alpha value is -2.34. The Morgan fingerprint density at radius 1 is 1.38 bits per heavy atom. The minimum absolute atomic E-state index is 0.102. The van der Waals surface area contributed by atoms with Crippen molar-refractivity contribution >= 4 is 22.8 Å². The molecule has 24 heavy (non-hydrogen) atoms. The van der Waals surface area contributed by atoms with Gasteiger partial charge in [0.2, 0.25) is 5.91 Å². The Balaban J connectivity index is 1.62. The monoisotopic (exact) mass is 330 g/mol. The summed E-state index contributed by atoms with van der Waals surface area (Å²) in [4.78, 5) is 23.3. The van der Waals surface area contributed by atoms with Gasteiger partial charge in [0.15, 0.2) is 0 Å². The average Bonchev–Trinajstić information content (AvgIpc) is 2.82. The summed E-state index contributed by atoms with van der Waals surface area (Å²) in [5.74, 6) is -1.28. The van der Waals surface area contributed by atoms with Gasteiger partial charge < -0.3 is 19.7 Å². The van der Waals surface area contributed by atoms with Crippen LogP contribution in [0, 0.1) is 12.8 Å². The zero-order valence-corrected chi connectivity index (χ0v) is 13.9. The molecule has 1 fully saturated rings. The van der Waals surface area contributed by atoms with E-state index in [0.717, 1.165) is 16.6 Å². The summed E-state index contributed by atoms with van der Waals surface area (Å²) in [5.41, 5.74) is 1.51. The molecule has 1 heterocycles. The number of rotatable bonds is 6. The molecule has 6 nitrogen and oxygen atoms in total. The fourth-order valence-electron chi connectivity index (χ4n) is 3.41. The van der Waals surface area contributed by atoms with Gasteiger partial charge in [-0.2, -0.15) is 0 Å². The number of amides is 1. The first-order valence-corrected chi connectivity index (χ1v) is 8.04. The van der Waals surface area contributed by atoms with E-state index >= 15 is 0 Å². The lowest BCUT2D eigenvalue weighted by molar-refractivity contribution is -0.162. The molecule has 0 bridgehead atoms. The number of carbonyl (C=O) groups excluding carboxylic acids is 1. The molecule has 0 spiro atoms. The van der Waals surface area contributed by atoms with Gasteiger partial charge in [0.05, 0.1) is 11.5 Å². The van der Waals surface area contributed by atoms with E-state index in [1.54, 1.807) is 7.11 Å². The summed E-state index contributed by atoms with van der Waals surface area (Å²) in [6, 6.07) is 10.0. The van der Waals surface area contributed by atoms with Gasteiger partial charge in [0.1, 0.15) is 6.54 Å². The van der Waals surface area contributed by atoms with Crippen LogP contribution < -0.4 is 5.32 Å². The Morgan fingerprint density at radius 2 is 2.08 bits per heavy atom. The van der Waals surface area contributed by atoms with Gasteiger partial charge in [-0.25, -0.2) is 0 Å². The largest absolute Gasteiger partial charge is 0.481 e. The van der Waals surface area contributed by atoms with Crippen molar-refractivity contribution in [1.29, 1.82) is 0 Å². The maximum absolute atomic E-state index is 12.3. The van der Waals surface area contributed by atoms with Gasteiger partial charge in [-0.15, -0.1) is 0 Å². The summed E-state index contributed by atoms with van der Waals surface area (Å²) in [6.45, 7) is 2.55. The molecule has 0 aliphatic heterocycles. The van der Waals surface area contributed by atoms with Crippen LogP contribution in [-0.4, -0.2) is 40.8 Å². The number of aryl methyl sites for hydroxylation is 1. The zero-order valence-electron chi connectivity index (χ0n) is 13.9. The molecule has 2 aromatic rings. The second kappa shape index (κ2) is 6.28. The number of nitrogens with zero attached hydrogens (tertiary/aromatic N) is 1. The molecule has 1 saturated carbocycles. The third kappa shape index (κ3) is 3.01. The number of nitrogens with one attached hydrogen (secondary N) is 1. The lowest BCUT2D eigenvalue weighted by Crippen LogP contribution is -2.55. The van der Waals surface area contributed by atoms with Crippen molar-refractivity contribution in [2.24, 2.45) is 5.92 Å². The van der Waals surface area contributed by atoms with E-state index in [0.29, 0.717) is 19.4 Å². The standard InChI is InChI=1S/C18H22N2O4/c1-12-7-13-5-3-4-6-15(13)20(12)10-16(21)19-11-18(24-2)8-14(9-18)17(22)23/h3-7,14H,8-11H2,1-2H3,(H,19,21)(H,22,23). The Labute approximate surface area is 140 Å². The van der Waals surface area contributed by atoms with Crippen LogP contribution in [0.2, 0.25) is 0 Å². The molecule has 128 valence electrons. The maximum Gasteiger partial charge on any atom is 0.306 e. The minimum atomic E-state index is -0.802. The van der Waals surface area contributed by atoms with Crippen LogP contribution in [0.25, 0.3) is 10.9 Å². The highest BCUT2D eigenvalue weighted by molar-refractivity contribution is 5.84. The average molecular weight is 330 g/mol. The van der Waals surface area contributed by atoms with E-state index in [1.807, 2.05) is 35.8 Å². The highest BCUT2D eigenvalue weighted by Crippen LogP contribution is 2.40. The third-order valence-corrected chi connectivity index (χ3v) is 4.95. The van der Waals surface area contributed by atoms with Crippen molar-refractivity contribution in [3.63, 3.8) is 0 Å². The van der Waals surface area contributed by atoms with Crippen molar-refractivity contribution in [2.75, 3.05) is 13.7 Å². The highest BCUT2D eigenvalue weighted by Gasteiger charge is 2.48.